The first-order valence-corrected chi connectivity index (χ1v) is 5.64. The molecule has 1 amide bonds. The summed E-state index contributed by atoms with van der Waals surface area (Å²) >= 11 is 0. The summed E-state index contributed by atoms with van der Waals surface area (Å²) in [6, 6.07) is 0.0484. The fraction of sp³-hybridized carbons (Fsp3) is 0.909. The lowest BCUT2D eigenvalue weighted by atomic mass is 10.3. The standard InChI is InChI=1S/C11H23NO3/c1-4-5-6-7-15-8-10(13)11(14)12-9(2)3/h9-10,13H,4-8H2,1-3H3,(H,12,14). The summed E-state index contributed by atoms with van der Waals surface area (Å²) in [5, 5.41) is 12.0. The molecule has 0 aliphatic heterocycles. The Labute approximate surface area is 92.0 Å². The van der Waals surface area contributed by atoms with E-state index in [2.05, 4.69) is 12.2 Å². The van der Waals surface area contributed by atoms with E-state index in [1.165, 1.54) is 0 Å². The Hall–Kier alpha value is -0.610. The second kappa shape index (κ2) is 8.68. The third kappa shape index (κ3) is 8.39. The van der Waals surface area contributed by atoms with Crippen LogP contribution in [0.1, 0.15) is 40.0 Å². The number of aliphatic hydroxyl groups is 1. The molecule has 0 saturated heterocycles. The van der Waals surface area contributed by atoms with Gasteiger partial charge in [-0.15, -0.1) is 0 Å². The van der Waals surface area contributed by atoms with Crippen LogP contribution in [0.5, 0.6) is 0 Å². The van der Waals surface area contributed by atoms with E-state index in [0.29, 0.717) is 6.61 Å². The number of rotatable bonds is 8. The molecule has 0 radical (unpaired) electrons. The molecule has 0 aliphatic rings. The SMILES string of the molecule is CCCCCOCC(O)C(=O)NC(C)C. The van der Waals surface area contributed by atoms with Crippen LogP contribution in [0.15, 0.2) is 0 Å². The lowest BCUT2D eigenvalue weighted by molar-refractivity contribution is -0.132. The molecule has 90 valence electrons. The van der Waals surface area contributed by atoms with Crippen LogP contribution in [-0.2, 0) is 9.53 Å². The molecule has 4 nitrogen and oxygen atoms in total. The predicted octanol–water partition coefficient (Wildman–Crippen LogP) is 1.08. The fourth-order valence-electron chi connectivity index (χ4n) is 1.11. The normalized spacial score (nSPS) is 12.9. The van der Waals surface area contributed by atoms with E-state index in [-0.39, 0.29) is 18.6 Å². The highest BCUT2D eigenvalue weighted by Gasteiger charge is 2.15. The van der Waals surface area contributed by atoms with Crippen LogP contribution in [0.2, 0.25) is 0 Å². The van der Waals surface area contributed by atoms with E-state index in [1.54, 1.807) is 0 Å². The quantitative estimate of drug-likeness (QED) is 0.598. The van der Waals surface area contributed by atoms with Gasteiger partial charge in [-0.2, -0.15) is 0 Å². The molecule has 0 fully saturated rings. The van der Waals surface area contributed by atoms with Crippen LogP contribution in [0.25, 0.3) is 0 Å². The Morgan fingerprint density at radius 1 is 1.40 bits per heavy atom. The van der Waals surface area contributed by atoms with E-state index in [4.69, 9.17) is 4.74 Å². The molecule has 0 aliphatic carbocycles. The fourth-order valence-corrected chi connectivity index (χ4v) is 1.11. The summed E-state index contributed by atoms with van der Waals surface area (Å²) in [5.41, 5.74) is 0. The summed E-state index contributed by atoms with van der Waals surface area (Å²) in [6.07, 6.45) is 2.19. The predicted molar refractivity (Wildman–Crippen MR) is 59.6 cm³/mol. The number of ether oxygens (including phenoxy) is 1. The zero-order chi connectivity index (χ0) is 11.7. The molecule has 0 heterocycles. The van der Waals surface area contributed by atoms with Gasteiger partial charge in [0.1, 0.15) is 0 Å². The van der Waals surface area contributed by atoms with Gasteiger partial charge in [-0.05, 0) is 20.3 Å². The summed E-state index contributed by atoms with van der Waals surface area (Å²) < 4.78 is 5.19. The van der Waals surface area contributed by atoms with Crippen molar-refractivity contribution < 1.29 is 14.6 Å². The summed E-state index contributed by atoms with van der Waals surface area (Å²) in [6.45, 7) is 6.52. The molecular formula is C11H23NO3. The van der Waals surface area contributed by atoms with Crippen LogP contribution >= 0.6 is 0 Å². The lowest BCUT2D eigenvalue weighted by Gasteiger charge is -2.13. The van der Waals surface area contributed by atoms with E-state index in [9.17, 15) is 9.90 Å². The summed E-state index contributed by atoms with van der Waals surface area (Å²) in [7, 11) is 0. The Balaban J connectivity index is 3.47. The molecule has 0 rings (SSSR count). The van der Waals surface area contributed by atoms with Gasteiger partial charge < -0.3 is 15.2 Å². The monoisotopic (exact) mass is 217 g/mol. The maximum Gasteiger partial charge on any atom is 0.251 e. The lowest BCUT2D eigenvalue weighted by Crippen LogP contribution is -2.40. The number of amides is 1. The number of aliphatic hydroxyl groups excluding tert-OH is 1. The van der Waals surface area contributed by atoms with Gasteiger partial charge in [-0.3, -0.25) is 4.79 Å². The molecule has 0 aromatic rings. The largest absolute Gasteiger partial charge is 0.381 e. The van der Waals surface area contributed by atoms with Crippen molar-refractivity contribution in [1.82, 2.24) is 5.32 Å². The van der Waals surface area contributed by atoms with E-state index < -0.39 is 6.10 Å². The molecule has 2 N–H and O–H groups in total. The molecule has 1 unspecified atom stereocenters. The van der Waals surface area contributed by atoms with Gasteiger partial charge in [-0.25, -0.2) is 0 Å². The van der Waals surface area contributed by atoms with Gasteiger partial charge in [0.25, 0.3) is 5.91 Å². The van der Waals surface area contributed by atoms with Crippen molar-refractivity contribution in [3.63, 3.8) is 0 Å². The zero-order valence-corrected chi connectivity index (χ0v) is 9.95. The van der Waals surface area contributed by atoms with Gasteiger partial charge in [0.2, 0.25) is 0 Å². The number of nitrogens with one attached hydrogen (secondary N) is 1. The number of hydrogen-bond acceptors (Lipinski definition) is 3. The minimum atomic E-state index is -1.05. The Kier molecular flexibility index (Phi) is 8.33. The highest BCUT2D eigenvalue weighted by atomic mass is 16.5. The van der Waals surface area contributed by atoms with Gasteiger partial charge in [0, 0.05) is 12.6 Å². The van der Waals surface area contributed by atoms with E-state index in [0.717, 1.165) is 19.3 Å². The van der Waals surface area contributed by atoms with E-state index >= 15 is 0 Å². The second-order valence-corrected chi connectivity index (χ2v) is 3.96. The average molecular weight is 217 g/mol. The Morgan fingerprint density at radius 3 is 2.60 bits per heavy atom. The smallest absolute Gasteiger partial charge is 0.251 e. The first-order valence-electron chi connectivity index (χ1n) is 5.64. The molecule has 1 atom stereocenters. The topological polar surface area (TPSA) is 58.6 Å². The molecule has 0 aromatic carbocycles. The third-order valence-electron chi connectivity index (χ3n) is 1.90. The molecule has 4 heteroatoms. The highest BCUT2D eigenvalue weighted by molar-refractivity contribution is 5.80. The minimum Gasteiger partial charge on any atom is -0.381 e. The van der Waals surface area contributed by atoms with Crippen molar-refractivity contribution in [2.75, 3.05) is 13.2 Å². The summed E-state index contributed by atoms with van der Waals surface area (Å²) in [4.78, 5) is 11.2. The molecule has 0 spiro atoms. The maximum absolute atomic E-state index is 11.2. The third-order valence-corrected chi connectivity index (χ3v) is 1.90. The maximum atomic E-state index is 11.2. The van der Waals surface area contributed by atoms with Crippen molar-refractivity contribution in [2.24, 2.45) is 0 Å². The molecule has 0 aromatic heterocycles. The van der Waals surface area contributed by atoms with E-state index in [1.807, 2.05) is 13.8 Å². The first kappa shape index (κ1) is 14.4. The second-order valence-electron chi connectivity index (χ2n) is 3.96. The Morgan fingerprint density at radius 2 is 2.07 bits per heavy atom. The van der Waals surface area contributed by atoms with Gasteiger partial charge in [-0.1, -0.05) is 19.8 Å². The van der Waals surface area contributed by atoms with Crippen LogP contribution in [0, 0.1) is 0 Å². The van der Waals surface area contributed by atoms with Gasteiger partial charge in [0.15, 0.2) is 6.10 Å². The zero-order valence-electron chi connectivity index (χ0n) is 9.95. The summed E-state index contributed by atoms with van der Waals surface area (Å²) in [5.74, 6) is -0.361. The van der Waals surface area contributed by atoms with Crippen molar-refractivity contribution in [2.45, 2.75) is 52.2 Å². The molecule has 15 heavy (non-hydrogen) atoms. The number of unbranched alkanes of at least 4 members (excludes halogenated alkanes) is 2. The number of carbonyl (C=O) groups is 1. The Bertz CT molecular complexity index is 171. The van der Waals surface area contributed by atoms with Crippen LogP contribution in [0.4, 0.5) is 0 Å². The van der Waals surface area contributed by atoms with Gasteiger partial charge >= 0.3 is 0 Å². The van der Waals surface area contributed by atoms with Gasteiger partial charge in [0.05, 0.1) is 6.61 Å². The molecular weight excluding hydrogens is 194 g/mol. The number of carbonyl (C=O) groups excluding carboxylic acids is 1. The van der Waals surface area contributed by atoms with Crippen molar-refractivity contribution in [1.29, 1.82) is 0 Å². The van der Waals surface area contributed by atoms with Crippen LogP contribution in [-0.4, -0.2) is 36.4 Å². The first-order chi connectivity index (χ1) is 7.07. The number of hydrogen-bond donors (Lipinski definition) is 2. The van der Waals surface area contributed by atoms with Crippen molar-refractivity contribution in [3.8, 4) is 0 Å². The van der Waals surface area contributed by atoms with Crippen LogP contribution in [0.3, 0.4) is 0 Å². The van der Waals surface area contributed by atoms with Crippen molar-refractivity contribution >= 4 is 5.91 Å². The van der Waals surface area contributed by atoms with Crippen LogP contribution < -0.4 is 5.32 Å². The molecule has 0 bridgehead atoms. The minimum absolute atomic E-state index is 0.0484. The highest BCUT2D eigenvalue weighted by Crippen LogP contribution is 1.95. The average Bonchev–Trinajstić information content (AvgIpc) is 2.16. The molecule has 0 saturated carbocycles. The van der Waals surface area contributed by atoms with Crippen molar-refractivity contribution in [3.05, 3.63) is 0 Å².